The minimum atomic E-state index is -0.351. The molecule has 0 bridgehead atoms. The van der Waals surface area contributed by atoms with E-state index in [0.29, 0.717) is 10.6 Å². The number of phenols is 1. The molecule has 2 N–H and O–H groups in total. The van der Waals surface area contributed by atoms with E-state index < -0.39 is 0 Å². The number of halogens is 1. The lowest BCUT2D eigenvalue weighted by molar-refractivity contribution is 0.0397. The van der Waals surface area contributed by atoms with Gasteiger partial charge in [-0.3, -0.25) is 5.32 Å². The molecule has 176 valence electrons. The van der Waals surface area contributed by atoms with Gasteiger partial charge >= 0.3 is 6.03 Å². The van der Waals surface area contributed by atoms with Gasteiger partial charge in [-0.2, -0.15) is 0 Å². The predicted octanol–water partition coefficient (Wildman–Crippen LogP) is 5.22. The Morgan fingerprint density at radius 3 is 2.85 bits per heavy atom. The van der Waals surface area contributed by atoms with Crippen LogP contribution in [-0.4, -0.2) is 58.6 Å². The second-order valence-corrected chi connectivity index (χ2v) is 10.2. The summed E-state index contributed by atoms with van der Waals surface area (Å²) in [6.07, 6.45) is 1.70. The van der Waals surface area contributed by atoms with Gasteiger partial charge in [-0.15, -0.1) is 0 Å². The van der Waals surface area contributed by atoms with Crippen LogP contribution >= 0.6 is 11.3 Å². The zero-order valence-corrected chi connectivity index (χ0v) is 20.5. The van der Waals surface area contributed by atoms with Crippen molar-refractivity contribution < 1.29 is 14.3 Å². The van der Waals surface area contributed by atoms with Crippen LogP contribution in [0.4, 0.5) is 14.3 Å². The van der Waals surface area contributed by atoms with Crippen LogP contribution < -0.4 is 5.32 Å². The summed E-state index contributed by atoms with van der Waals surface area (Å²) in [6.45, 7) is 7.34. The number of thiazole rings is 1. The number of carbonyl (C=O) groups is 1. The molecule has 2 aromatic carbocycles. The van der Waals surface area contributed by atoms with Crippen LogP contribution in [0.5, 0.6) is 5.75 Å². The molecule has 1 aromatic heterocycles. The number of fused-ring (bicyclic) bond motifs is 1. The molecular weight excluding hydrogens is 439 g/mol. The number of anilines is 1. The molecule has 1 fully saturated rings. The summed E-state index contributed by atoms with van der Waals surface area (Å²) in [5.41, 5.74) is 2.45. The summed E-state index contributed by atoms with van der Waals surface area (Å²) in [7, 11) is 3.89. The number of likely N-dealkylation sites (tertiary alicyclic amines) is 1. The highest BCUT2D eigenvalue weighted by Crippen LogP contribution is 2.43. The number of benzene rings is 2. The molecule has 2 heterocycles. The van der Waals surface area contributed by atoms with Crippen molar-refractivity contribution in [1.29, 1.82) is 0 Å². The molecule has 1 saturated heterocycles. The van der Waals surface area contributed by atoms with Gasteiger partial charge in [0.05, 0.1) is 16.3 Å². The molecule has 0 aliphatic carbocycles. The standard InChI is InChI=1S/C25H31FN4O2S/c1-6-16-7-9-18(31)14-19(16)25(3)11-12-29(4)15(2)22(25)30(5)24(32)28-23-27-20-13-17(26)8-10-21(20)33-23/h7-10,13-15,22,31H,6,11-12H2,1-5H3,(H,27,28,32)/t15-,22+,25-/m1/s1. The first-order chi connectivity index (χ1) is 15.6. The highest BCUT2D eigenvalue weighted by atomic mass is 32.1. The maximum absolute atomic E-state index is 13.5. The Bertz CT molecular complexity index is 1180. The van der Waals surface area contributed by atoms with E-state index in [0.717, 1.165) is 29.6 Å². The van der Waals surface area contributed by atoms with Gasteiger partial charge in [-0.1, -0.05) is 31.3 Å². The average molecular weight is 471 g/mol. The van der Waals surface area contributed by atoms with Crippen LogP contribution in [0.1, 0.15) is 38.3 Å². The van der Waals surface area contributed by atoms with E-state index in [1.54, 1.807) is 17.0 Å². The first kappa shape index (κ1) is 23.4. The maximum Gasteiger partial charge on any atom is 0.323 e. The lowest BCUT2D eigenvalue weighted by atomic mass is 9.66. The quantitative estimate of drug-likeness (QED) is 0.549. The summed E-state index contributed by atoms with van der Waals surface area (Å²) < 4.78 is 14.4. The maximum atomic E-state index is 13.5. The topological polar surface area (TPSA) is 68.7 Å². The summed E-state index contributed by atoms with van der Waals surface area (Å²) in [6, 6.07) is 9.69. The number of phenolic OH excluding ortho intramolecular Hbond substituents is 1. The molecule has 2 amide bonds. The van der Waals surface area contributed by atoms with Gasteiger partial charge in [0.1, 0.15) is 11.6 Å². The molecule has 6 nitrogen and oxygen atoms in total. The van der Waals surface area contributed by atoms with Gasteiger partial charge in [-0.05, 0) is 68.8 Å². The predicted molar refractivity (Wildman–Crippen MR) is 132 cm³/mol. The van der Waals surface area contributed by atoms with E-state index in [1.807, 2.05) is 19.2 Å². The number of likely N-dealkylation sites (N-methyl/N-ethyl adjacent to an activating group) is 2. The van der Waals surface area contributed by atoms with Crippen LogP contribution in [0.3, 0.4) is 0 Å². The van der Waals surface area contributed by atoms with E-state index >= 15 is 0 Å². The van der Waals surface area contributed by atoms with E-state index in [2.05, 4.69) is 43.0 Å². The third kappa shape index (κ3) is 4.29. The molecule has 0 radical (unpaired) electrons. The number of aryl methyl sites for hydroxylation is 1. The second kappa shape index (κ2) is 8.91. The summed E-state index contributed by atoms with van der Waals surface area (Å²) in [4.78, 5) is 21.8. The lowest BCUT2D eigenvalue weighted by Gasteiger charge is -2.53. The number of aromatic hydroxyl groups is 1. The minimum absolute atomic E-state index is 0.0935. The molecule has 33 heavy (non-hydrogen) atoms. The number of piperidine rings is 1. The van der Waals surface area contributed by atoms with Gasteiger partial charge < -0.3 is 14.9 Å². The van der Waals surface area contributed by atoms with Gasteiger partial charge in [0.25, 0.3) is 0 Å². The SMILES string of the molecule is CCc1ccc(O)cc1[C@@]1(C)CCN(C)[C@H](C)[C@@H]1N(C)C(=O)Nc1nc2cc(F)ccc2s1. The zero-order chi connectivity index (χ0) is 23.9. The Morgan fingerprint density at radius 1 is 1.36 bits per heavy atom. The van der Waals surface area contributed by atoms with Gasteiger partial charge in [0, 0.05) is 24.6 Å². The molecular formula is C25H31FN4O2S. The summed E-state index contributed by atoms with van der Waals surface area (Å²) >= 11 is 1.32. The number of aromatic nitrogens is 1. The van der Waals surface area contributed by atoms with E-state index in [1.165, 1.54) is 29.0 Å². The Labute approximate surface area is 198 Å². The fraction of sp³-hybridized carbons (Fsp3) is 0.440. The smallest absolute Gasteiger partial charge is 0.323 e. The highest BCUT2D eigenvalue weighted by Gasteiger charge is 2.48. The van der Waals surface area contributed by atoms with Gasteiger partial charge in [0.2, 0.25) is 0 Å². The molecule has 0 unspecified atom stereocenters. The van der Waals surface area contributed by atoms with Crippen molar-refractivity contribution in [2.24, 2.45) is 0 Å². The largest absolute Gasteiger partial charge is 0.508 e. The van der Waals surface area contributed by atoms with E-state index in [4.69, 9.17) is 0 Å². The highest BCUT2D eigenvalue weighted by molar-refractivity contribution is 7.22. The van der Waals surface area contributed by atoms with Gasteiger partial charge in [0.15, 0.2) is 5.13 Å². The number of urea groups is 1. The van der Waals surface area contributed by atoms with Crippen molar-refractivity contribution >= 4 is 32.7 Å². The molecule has 4 rings (SSSR count). The number of hydrogen-bond acceptors (Lipinski definition) is 5. The Balaban J connectivity index is 1.68. The van der Waals surface area contributed by atoms with Crippen molar-refractivity contribution in [2.45, 2.75) is 51.1 Å². The van der Waals surface area contributed by atoms with E-state index in [9.17, 15) is 14.3 Å². The number of amides is 2. The van der Waals surface area contributed by atoms with Gasteiger partial charge in [-0.25, -0.2) is 14.2 Å². The van der Waals surface area contributed by atoms with Crippen LogP contribution in [0.25, 0.3) is 10.2 Å². The fourth-order valence-electron chi connectivity index (χ4n) is 5.24. The van der Waals surface area contributed by atoms with Crippen molar-refractivity contribution in [3.8, 4) is 5.75 Å². The Hall–Kier alpha value is -2.71. The second-order valence-electron chi connectivity index (χ2n) is 9.20. The van der Waals surface area contributed by atoms with Crippen LogP contribution in [0, 0.1) is 5.82 Å². The van der Waals surface area contributed by atoms with Crippen LogP contribution in [0.15, 0.2) is 36.4 Å². The number of nitrogens with one attached hydrogen (secondary N) is 1. The third-order valence-corrected chi connectivity index (χ3v) is 8.13. The summed E-state index contributed by atoms with van der Waals surface area (Å²) in [5, 5.41) is 13.6. The number of carbonyl (C=O) groups excluding carboxylic acids is 1. The zero-order valence-electron chi connectivity index (χ0n) is 19.7. The Kier molecular flexibility index (Phi) is 6.33. The van der Waals surface area contributed by atoms with Crippen LogP contribution in [0.2, 0.25) is 0 Å². The molecule has 0 saturated carbocycles. The lowest BCUT2D eigenvalue weighted by Crippen LogP contribution is -2.64. The molecule has 1 aliphatic heterocycles. The Morgan fingerprint density at radius 2 is 2.12 bits per heavy atom. The molecule has 0 spiro atoms. The summed E-state index contributed by atoms with van der Waals surface area (Å²) in [5.74, 6) is -0.113. The minimum Gasteiger partial charge on any atom is -0.508 e. The fourth-order valence-corrected chi connectivity index (χ4v) is 6.08. The molecule has 1 aliphatic rings. The average Bonchev–Trinajstić information content (AvgIpc) is 3.17. The molecule has 3 aromatic rings. The first-order valence-electron chi connectivity index (χ1n) is 11.3. The van der Waals surface area contributed by atoms with E-state index in [-0.39, 0.29) is 35.1 Å². The van der Waals surface area contributed by atoms with Crippen molar-refractivity contribution in [3.05, 3.63) is 53.3 Å². The molecule has 3 atom stereocenters. The monoisotopic (exact) mass is 470 g/mol. The van der Waals surface area contributed by atoms with Crippen LogP contribution in [-0.2, 0) is 11.8 Å². The van der Waals surface area contributed by atoms with Crippen molar-refractivity contribution in [3.63, 3.8) is 0 Å². The number of nitrogens with zero attached hydrogens (tertiary/aromatic N) is 3. The van der Waals surface area contributed by atoms with Crippen molar-refractivity contribution in [1.82, 2.24) is 14.8 Å². The third-order valence-electron chi connectivity index (χ3n) is 7.18. The number of rotatable bonds is 4. The molecule has 8 heteroatoms. The van der Waals surface area contributed by atoms with Crippen molar-refractivity contribution in [2.75, 3.05) is 26.0 Å². The first-order valence-corrected chi connectivity index (χ1v) is 12.1. The number of hydrogen-bond donors (Lipinski definition) is 2. The normalized spacial score (nSPS) is 23.6.